The summed E-state index contributed by atoms with van der Waals surface area (Å²) in [6, 6.07) is 9.79. The smallest absolute Gasteiger partial charge is 0.309 e. The minimum absolute atomic E-state index is 0.0346. The highest BCUT2D eigenvalue weighted by atomic mass is 16.5. The van der Waals surface area contributed by atoms with Gasteiger partial charge in [0.05, 0.1) is 12.0 Å². The summed E-state index contributed by atoms with van der Waals surface area (Å²) in [7, 11) is 0. The van der Waals surface area contributed by atoms with E-state index in [9.17, 15) is 9.90 Å². The molecule has 5 atom stereocenters. The Morgan fingerprint density at radius 1 is 1.35 bits per heavy atom. The van der Waals surface area contributed by atoms with Crippen LogP contribution in [0.25, 0.3) is 0 Å². The van der Waals surface area contributed by atoms with Crippen molar-refractivity contribution in [3.05, 3.63) is 35.9 Å². The van der Waals surface area contributed by atoms with Gasteiger partial charge in [-0.25, -0.2) is 0 Å². The predicted molar refractivity (Wildman–Crippen MR) is 73.6 cm³/mol. The quantitative estimate of drug-likeness (QED) is 0.857. The van der Waals surface area contributed by atoms with Gasteiger partial charge >= 0.3 is 5.97 Å². The van der Waals surface area contributed by atoms with Crippen LogP contribution in [0.5, 0.6) is 0 Å². The number of hydrogen-bond acceptors (Lipinski definition) is 3. The van der Waals surface area contributed by atoms with E-state index in [2.05, 4.69) is 0 Å². The van der Waals surface area contributed by atoms with Crippen LogP contribution in [-0.2, 0) is 16.1 Å². The molecule has 1 N–H and O–H groups in total. The van der Waals surface area contributed by atoms with Crippen molar-refractivity contribution in [3.63, 3.8) is 0 Å². The first-order valence-corrected chi connectivity index (χ1v) is 7.59. The fraction of sp³-hybridized carbons (Fsp3) is 0.588. The molecular weight excluding hydrogens is 252 g/mol. The maximum Gasteiger partial charge on any atom is 0.309 e. The largest absolute Gasteiger partial charge is 0.461 e. The highest BCUT2D eigenvalue weighted by molar-refractivity contribution is 5.76. The van der Waals surface area contributed by atoms with Gasteiger partial charge in [0.25, 0.3) is 0 Å². The Balaban J connectivity index is 1.33. The molecule has 106 valence electrons. The highest BCUT2D eigenvalue weighted by Gasteiger charge is 2.68. The molecule has 0 aliphatic heterocycles. The number of aliphatic hydroxyl groups is 1. The zero-order valence-corrected chi connectivity index (χ0v) is 11.5. The third-order valence-corrected chi connectivity index (χ3v) is 5.71. The van der Waals surface area contributed by atoms with Gasteiger partial charge in [-0.1, -0.05) is 30.3 Å². The minimum Gasteiger partial charge on any atom is -0.461 e. The van der Waals surface area contributed by atoms with Crippen molar-refractivity contribution in [2.45, 2.75) is 38.4 Å². The Hall–Kier alpha value is -1.35. The zero-order valence-electron chi connectivity index (χ0n) is 11.5. The first-order valence-electron chi connectivity index (χ1n) is 7.59. The van der Waals surface area contributed by atoms with Gasteiger partial charge < -0.3 is 9.84 Å². The lowest BCUT2D eigenvalue weighted by molar-refractivity contribution is -0.149. The van der Waals surface area contributed by atoms with E-state index in [1.165, 1.54) is 0 Å². The SMILES string of the molecule is O=C(OCc1ccccc1)[C@@H]1C[C@H]1[C@]12CC[C@H](C1)[C@@H]2O. The van der Waals surface area contributed by atoms with Crippen LogP contribution in [0.15, 0.2) is 30.3 Å². The van der Waals surface area contributed by atoms with Gasteiger partial charge in [-0.3, -0.25) is 4.79 Å². The number of ether oxygens (including phenoxy) is 1. The number of carbonyl (C=O) groups is 1. The molecule has 20 heavy (non-hydrogen) atoms. The van der Waals surface area contributed by atoms with Crippen LogP contribution in [0.4, 0.5) is 0 Å². The second-order valence-electron chi connectivity index (χ2n) is 6.72. The minimum atomic E-state index is -0.153. The molecule has 0 unspecified atom stereocenters. The molecule has 0 spiro atoms. The lowest BCUT2D eigenvalue weighted by atomic mass is 9.63. The second kappa shape index (κ2) is 4.32. The molecule has 1 aromatic carbocycles. The topological polar surface area (TPSA) is 46.5 Å². The van der Waals surface area contributed by atoms with Crippen LogP contribution in [0.1, 0.15) is 31.2 Å². The number of carbonyl (C=O) groups excluding carboxylic acids is 1. The average molecular weight is 272 g/mol. The molecule has 1 aromatic rings. The molecule has 0 heterocycles. The number of hydrogen-bond donors (Lipinski definition) is 1. The van der Waals surface area contributed by atoms with E-state index in [1.807, 2.05) is 30.3 Å². The molecule has 2 bridgehead atoms. The summed E-state index contributed by atoms with van der Waals surface area (Å²) in [6.45, 7) is 0.362. The lowest BCUT2D eigenvalue weighted by Crippen LogP contribution is -2.47. The fourth-order valence-corrected chi connectivity index (χ4v) is 4.48. The number of benzene rings is 1. The molecule has 0 saturated heterocycles. The summed E-state index contributed by atoms with van der Waals surface area (Å²) in [6.07, 6.45) is 4.13. The van der Waals surface area contributed by atoms with Crippen molar-refractivity contribution >= 4 is 5.97 Å². The number of esters is 1. The van der Waals surface area contributed by atoms with Crippen molar-refractivity contribution in [1.29, 1.82) is 0 Å². The van der Waals surface area contributed by atoms with Gasteiger partial charge in [-0.15, -0.1) is 0 Å². The van der Waals surface area contributed by atoms with Crippen molar-refractivity contribution in [1.82, 2.24) is 0 Å². The van der Waals surface area contributed by atoms with Gasteiger partial charge in [-0.2, -0.15) is 0 Å². The van der Waals surface area contributed by atoms with E-state index in [0.29, 0.717) is 18.4 Å². The molecule has 4 saturated carbocycles. The Labute approximate surface area is 118 Å². The van der Waals surface area contributed by atoms with Crippen LogP contribution >= 0.6 is 0 Å². The maximum atomic E-state index is 12.1. The standard InChI is InChI=1S/C17H20O3/c18-15-12-6-7-17(15,9-12)14-8-13(14)16(19)20-10-11-4-2-1-3-5-11/h1-5,12-15,18H,6-10H2/t12-,13-,14-,15+,17+/m1/s1. The lowest BCUT2D eigenvalue weighted by Gasteiger charge is -2.45. The van der Waals surface area contributed by atoms with Gasteiger partial charge in [0.2, 0.25) is 0 Å². The van der Waals surface area contributed by atoms with Gasteiger partial charge in [0.15, 0.2) is 0 Å². The Kier molecular flexibility index (Phi) is 2.68. The van der Waals surface area contributed by atoms with Gasteiger partial charge in [-0.05, 0) is 43.1 Å². The molecular formula is C17H20O3. The molecule has 0 radical (unpaired) electrons. The van der Waals surface area contributed by atoms with E-state index in [0.717, 1.165) is 31.2 Å². The number of fused-ring (bicyclic) bond motifs is 1. The summed E-state index contributed by atoms with van der Waals surface area (Å²) in [5.74, 6) is 0.847. The van der Waals surface area contributed by atoms with Crippen molar-refractivity contribution in [2.24, 2.45) is 23.2 Å². The molecule has 4 fully saturated rings. The summed E-state index contributed by atoms with van der Waals surface area (Å²) in [5, 5.41) is 10.2. The zero-order chi connectivity index (χ0) is 13.7. The predicted octanol–water partition coefficient (Wildman–Crippen LogP) is 2.53. The van der Waals surface area contributed by atoms with Crippen molar-refractivity contribution < 1.29 is 14.6 Å². The molecule has 0 amide bonds. The van der Waals surface area contributed by atoms with Crippen molar-refractivity contribution in [2.75, 3.05) is 0 Å². The summed E-state index contributed by atoms with van der Waals surface area (Å²) in [4.78, 5) is 12.1. The number of rotatable bonds is 4. The third kappa shape index (κ3) is 1.72. The highest BCUT2D eigenvalue weighted by Crippen LogP contribution is 2.70. The van der Waals surface area contributed by atoms with E-state index in [4.69, 9.17) is 4.74 Å². The summed E-state index contributed by atoms with van der Waals surface area (Å²) >= 11 is 0. The van der Waals surface area contributed by atoms with E-state index in [1.54, 1.807) is 0 Å². The van der Waals surface area contributed by atoms with Gasteiger partial charge in [0.1, 0.15) is 6.61 Å². The Bertz CT molecular complexity index is 522. The van der Waals surface area contributed by atoms with E-state index < -0.39 is 0 Å². The van der Waals surface area contributed by atoms with E-state index >= 15 is 0 Å². The van der Waals surface area contributed by atoms with E-state index in [-0.39, 0.29) is 23.4 Å². The normalized spacial score (nSPS) is 41.0. The Morgan fingerprint density at radius 2 is 2.15 bits per heavy atom. The Morgan fingerprint density at radius 3 is 2.80 bits per heavy atom. The first kappa shape index (κ1) is 12.4. The van der Waals surface area contributed by atoms with Gasteiger partial charge in [0, 0.05) is 5.41 Å². The van der Waals surface area contributed by atoms with Crippen LogP contribution in [0.3, 0.4) is 0 Å². The molecule has 3 nitrogen and oxygen atoms in total. The summed E-state index contributed by atoms with van der Waals surface area (Å²) in [5.41, 5.74) is 1.10. The molecule has 4 aliphatic carbocycles. The van der Waals surface area contributed by atoms with Crippen molar-refractivity contribution in [3.8, 4) is 0 Å². The molecule has 3 heteroatoms. The first-order chi connectivity index (χ1) is 9.71. The monoisotopic (exact) mass is 272 g/mol. The van der Waals surface area contributed by atoms with Crippen LogP contribution in [0, 0.1) is 23.2 Å². The number of aliphatic hydroxyl groups excluding tert-OH is 1. The molecule has 4 aliphatic rings. The molecule has 0 aromatic heterocycles. The maximum absolute atomic E-state index is 12.1. The molecule has 5 rings (SSSR count). The van der Waals surface area contributed by atoms with Crippen LogP contribution in [0.2, 0.25) is 0 Å². The third-order valence-electron chi connectivity index (χ3n) is 5.71. The second-order valence-corrected chi connectivity index (χ2v) is 6.72. The van der Waals surface area contributed by atoms with Crippen LogP contribution in [-0.4, -0.2) is 17.2 Å². The summed E-state index contributed by atoms with van der Waals surface area (Å²) < 4.78 is 5.42. The average Bonchev–Trinajstić information content (AvgIpc) is 3.06. The van der Waals surface area contributed by atoms with Crippen LogP contribution < -0.4 is 0 Å². The fourth-order valence-electron chi connectivity index (χ4n) is 4.48.